The molecule has 0 atom stereocenters. The number of aromatic nitrogens is 1. The molecule has 1 aromatic heterocycles. The third-order valence-corrected chi connectivity index (χ3v) is 6.48. The molecule has 0 aliphatic heterocycles. The number of methoxy groups -OCH3 is 1. The van der Waals surface area contributed by atoms with Crippen LogP contribution in [-0.4, -0.2) is 33.0 Å². The number of nitrogens with one attached hydrogen (secondary N) is 2. The monoisotopic (exact) mass is 469 g/mol. The number of halogens is 1. The summed E-state index contributed by atoms with van der Waals surface area (Å²) < 4.78 is 33.6. The quantitative estimate of drug-likeness (QED) is 0.552. The highest BCUT2D eigenvalue weighted by molar-refractivity contribution is 9.10. The predicted molar refractivity (Wildman–Crippen MR) is 109 cm³/mol. The number of rotatable bonds is 7. The second kappa shape index (κ2) is 8.34. The van der Waals surface area contributed by atoms with E-state index in [1.54, 1.807) is 25.3 Å². The summed E-state index contributed by atoms with van der Waals surface area (Å²) in [6, 6.07) is 11.8. The fourth-order valence-electron chi connectivity index (χ4n) is 2.28. The fraction of sp³-hybridized carbons (Fsp3) is 0.176. The molecule has 27 heavy (non-hydrogen) atoms. The van der Waals surface area contributed by atoms with E-state index in [1.807, 2.05) is 12.1 Å². The van der Waals surface area contributed by atoms with Crippen LogP contribution in [-0.2, 0) is 14.8 Å². The Kier molecular flexibility index (Phi) is 6.10. The second-order valence-electron chi connectivity index (χ2n) is 5.51. The highest BCUT2D eigenvalue weighted by Gasteiger charge is 2.15. The predicted octanol–water partition coefficient (Wildman–Crippen LogP) is 3.37. The summed E-state index contributed by atoms with van der Waals surface area (Å²) in [5.41, 5.74) is 0.756. The van der Waals surface area contributed by atoms with Crippen LogP contribution in [0.5, 0.6) is 5.75 Å². The van der Waals surface area contributed by atoms with E-state index in [4.69, 9.17) is 4.74 Å². The summed E-state index contributed by atoms with van der Waals surface area (Å²) in [6.07, 6.45) is -0.00746. The molecule has 0 aliphatic carbocycles. The van der Waals surface area contributed by atoms with Crippen molar-refractivity contribution in [2.45, 2.75) is 11.3 Å². The minimum absolute atomic E-state index is 0.00746. The van der Waals surface area contributed by atoms with Gasteiger partial charge in [-0.2, -0.15) is 0 Å². The van der Waals surface area contributed by atoms with Gasteiger partial charge in [0.15, 0.2) is 5.13 Å². The zero-order valence-corrected chi connectivity index (χ0v) is 17.4. The highest BCUT2D eigenvalue weighted by atomic mass is 79.9. The van der Waals surface area contributed by atoms with Gasteiger partial charge in [-0.3, -0.25) is 4.79 Å². The Morgan fingerprint density at radius 1 is 1.26 bits per heavy atom. The number of nitrogens with zero attached hydrogens (tertiary/aromatic N) is 1. The molecular formula is C17H16BrN3O4S2. The number of ether oxygens (including phenoxy) is 1. The maximum atomic E-state index is 12.2. The van der Waals surface area contributed by atoms with Crippen molar-refractivity contribution < 1.29 is 17.9 Å². The smallest absolute Gasteiger partial charge is 0.240 e. The van der Waals surface area contributed by atoms with E-state index in [1.165, 1.54) is 23.5 Å². The van der Waals surface area contributed by atoms with Crippen molar-refractivity contribution >= 4 is 58.5 Å². The Bertz CT molecular complexity index is 1080. The number of hydrogen-bond donors (Lipinski definition) is 2. The molecule has 7 nitrogen and oxygen atoms in total. The Labute approximate surface area is 168 Å². The van der Waals surface area contributed by atoms with Crippen LogP contribution in [0.2, 0.25) is 0 Å². The first kappa shape index (κ1) is 19.7. The van der Waals surface area contributed by atoms with Gasteiger partial charge in [0.05, 0.1) is 22.2 Å². The zero-order chi connectivity index (χ0) is 19.4. The third-order valence-electron chi connectivity index (χ3n) is 3.59. The number of thiazole rings is 1. The summed E-state index contributed by atoms with van der Waals surface area (Å²) in [6.45, 7) is -0.0145. The third kappa shape index (κ3) is 5.04. The first-order valence-corrected chi connectivity index (χ1v) is 11.0. The van der Waals surface area contributed by atoms with Crippen LogP contribution < -0.4 is 14.8 Å². The van der Waals surface area contributed by atoms with Crippen LogP contribution in [0.4, 0.5) is 5.13 Å². The minimum atomic E-state index is -3.67. The van der Waals surface area contributed by atoms with E-state index in [0.29, 0.717) is 15.4 Å². The molecule has 0 spiro atoms. The van der Waals surface area contributed by atoms with Crippen LogP contribution in [0.25, 0.3) is 10.2 Å². The molecule has 3 aromatic rings. The summed E-state index contributed by atoms with van der Waals surface area (Å²) in [7, 11) is -2.08. The normalized spacial score (nSPS) is 11.5. The molecule has 0 aliphatic rings. The average Bonchev–Trinajstić information content (AvgIpc) is 3.02. The molecule has 0 fully saturated rings. The van der Waals surface area contributed by atoms with Gasteiger partial charge in [0.2, 0.25) is 15.9 Å². The van der Waals surface area contributed by atoms with Gasteiger partial charge in [-0.1, -0.05) is 33.3 Å². The van der Waals surface area contributed by atoms with E-state index in [2.05, 4.69) is 31.0 Å². The number of amides is 1. The van der Waals surface area contributed by atoms with Gasteiger partial charge >= 0.3 is 0 Å². The highest BCUT2D eigenvalue weighted by Crippen LogP contribution is 2.29. The summed E-state index contributed by atoms with van der Waals surface area (Å²) in [5.74, 6) is 0.393. The Hall–Kier alpha value is -2.01. The van der Waals surface area contributed by atoms with E-state index in [9.17, 15) is 13.2 Å². The molecule has 2 N–H and O–H groups in total. The van der Waals surface area contributed by atoms with Crippen molar-refractivity contribution in [1.82, 2.24) is 9.71 Å². The van der Waals surface area contributed by atoms with E-state index < -0.39 is 10.0 Å². The van der Waals surface area contributed by atoms with Gasteiger partial charge in [0, 0.05) is 17.4 Å². The number of fused-ring (bicyclic) bond motifs is 1. The SMILES string of the molecule is COc1ccc2nc(NC(=O)CCNS(=O)(=O)c3cccc(Br)c3)sc2c1. The molecule has 1 amide bonds. The molecule has 1 heterocycles. The standard InChI is InChI=1S/C17H16BrN3O4S2/c1-25-12-5-6-14-15(10-12)26-17(20-14)21-16(22)7-8-19-27(23,24)13-4-2-3-11(18)9-13/h2-6,9-10,19H,7-8H2,1H3,(H,20,21,22). The van der Waals surface area contributed by atoms with Crippen molar-refractivity contribution in [2.24, 2.45) is 0 Å². The number of sulfonamides is 1. The van der Waals surface area contributed by atoms with Crippen molar-refractivity contribution in [1.29, 1.82) is 0 Å². The Morgan fingerprint density at radius 3 is 2.81 bits per heavy atom. The van der Waals surface area contributed by atoms with Crippen molar-refractivity contribution in [3.8, 4) is 5.75 Å². The maximum Gasteiger partial charge on any atom is 0.240 e. The lowest BCUT2D eigenvalue weighted by Crippen LogP contribution is -2.27. The lowest BCUT2D eigenvalue weighted by atomic mass is 10.3. The summed E-state index contributed by atoms with van der Waals surface area (Å²) in [4.78, 5) is 16.5. The molecule has 0 saturated carbocycles. The van der Waals surface area contributed by atoms with Crippen molar-refractivity contribution in [3.63, 3.8) is 0 Å². The summed E-state index contributed by atoms with van der Waals surface area (Å²) >= 11 is 4.56. The second-order valence-corrected chi connectivity index (χ2v) is 9.22. The minimum Gasteiger partial charge on any atom is -0.497 e. The Morgan fingerprint density at radius 2 is 2.07 bits per heavy atom. The van der Waals surface area contributed by atoms with Crippen LogP contribution in [0.15, 0.2) is 51.8 Å². The first-order chi connectivity index (χ1) is 12.9. The molecule has 0 bridgehead atoms. The van der Waals surface area contributed by atoms with Gasteiger partial charge in [-0.15, -0.1) is 0 Å². The topological polar surface area (TPSA) is 97.4 Å². The average molecular weight is 470 g/mol. The van der Waals surface area contributed by atoms with E-state index in [-0.39, 0.29) is 23.8 Å². The molecule has 142 valence electrons. The van der Waals surface area contributed by atoms with Crippen LogP contribution in [0.3, 0.4) is 0 Å². The lowest BCUT2D eigenvalue weighted by molar-refractivity contribution is -0.116. The largest absolute Gasteiger partial charge is 0.497 e. The molecule has 0 saturated heterocycles. The molecule has 0 radical (unpaired) electrons. The number of carbonyl (C=O) groups excluding carboxylic acids is 1. The van der Waals surface area contributed by atoms with Crippen LogP contribution >= 0.6 is 27.3 Å². The van der Waals surface area contributed by atoms with Gasteiger partial charge < -0.3 is 10.1 Å². The molecular weight excluding hydrogens is 454 g/mol. The number of benzene rings is 2. The van der Waals surface area contributed by atoms with Crippen molar-refractivity contribution in [2.75, 3.05) is 19.0 Å². The molecule has 0 unspecified atom stereocenters. The lowest BCUT2D eigenvalue weighted by Gasteiger charge is -2.07. The fourth-order valence-corrected chi connectivity index (χ4v) is 4.82. The first-order valence-electron chi connectivity index (χ1n) is 7.87. The van der Waals surface area contributed by atoms with Crippen LogP contribution in [0, 0.1) is 0 Å². The van der Waals surface area contributed by atoms with E-state index in [0.717, 1.165) is 10.2 Å². The zero-order valence-electron chi connectivity index (χ0n) is 14.2. The molecule has 3 rings (SSSR count). The van der Waals surface area contributed by atoms with Gasteiger partial charge in [-0.25, -0.2) is 18.1 Å². The molecule has 2 aromatic carbocycles. The van der Waals surface area contributed by atoms with E-state index >= 15 is 0 Å². The number of anilines is 1. The summed E-state index contributed by atoms with van der Waals surface area (Å²) in [5, 5.41) is 3.15. The van der Waals surface area contributed by atoms with Gasteiger partial charge in [-0.05, 0) is 36.4 Å². The van der Waals surface area contributed by atoms with Gasteiger partial charge in [0.25, 0.3) is 0 Å². The molecule has 10 heteroatoms. The van der Waals surface area contributed by atoms with Crippen LogP contribution in [0.1, 0.15) is 6.42 Å². The number of carbonyl (C=O) groups is 1. The van der Waals surface area contributed by atoms with Gasteiger partial charge in [0.1, 0.15) is 5.75 Å². The number of hydrogen-bond acceptors (Lipinski definition) is 6. The van der Waals surface area contributed by atoms with Crippen molar-refractivity contribution in [3.05, 3.63) is 46.9 Å². The Balaban J connectivity index is 1.57. The maximum absolute atomic E-state index is 12.2.